The van der Waals surface area contributed by atoms with Gasteiger partial charge in [-0.25, -0.2) is 0 Å². The molecule has 19 heavy (non-hydrogen) atoms. The van der Waals surface area contributed by atoms with Crippen molar-refractivity contribution in [2.75, 3.05) is 11.9 Å². The van der Waals surface area contributed by atoms with E-state index >= 15 is 0 Å². The molecule has 1 N–H and O–H groups in total. The summed E-state index contributed by atoms with van der Waals surface area (Å²) in [5.41, 5.74) is 1.06. The van der Waals surface area contributed by atoms with Crippen LogP contribution in [0.15, 0.2) is 24.3 Å². The van der Waals surface area contributed by atoms with Gasteiger partial charge in [-0.3, -0.25) is 14.5 Å². The van der Waals surface area contributed by atoms with Crippen LogP contribution in [-0.4, -0.2) is 29.3 Å². The van der Waals surface area contributed by atoms with E-state index < -0.39 is 6.04 Å². The molecule has 1 aliphatic heterocycles. The molecule has 1 fully saturated rings. The van der Waals surface area contributed by atoms with E-state index in [9.17, 15) is 9.59 Å². The zero-order valence-corrected chi connectivity index (χ0v) is 10.7. The summed E-state index contributed by atoms with van der Waals surface area (Å²) in [4.78, 5) is 25.1. The molecule has 0 aliphatic carbocycles. The molecule has 0 aromatic heterocycles. The van der Waals surface area contributed by atoms with Gasteiger partial charge in [-0.2, -0.15) is 5.26 Å². The van der Waals surface area contributed by atoms with E-state index in [1.807, 2.05) is 6.92 Å². The lowest BCUT2D eigenvalue weighted by atomic mass is 10.1. The topological polar surface area (TPSA) is 73.2 Å². The van der Waals surface area contributed by atoms with Crippen molar-refractivity contribution >= 4 is 17.5 Å². The second-order valence-corrected chi connectivity index (χ2v) is 4.44. The summed E-state index contributed by atoms with van der Waals surface area (Å²) in [5, 5.41) is 12.0. The highest BCUT2D eigenvalue weighted by Crippen LogP contribution is 2.21. The van der Waals surface area contributed by atoms with Crippen molar-refractivity contribution in [1.82, 2.24) is 4.90 Å². The maximum absolute atomic E-state index is 12.1. The first-order valence-corrected chi connectivity index (χ1v) is 6.27. The fourth-order valence-corrected chi connectivity index (χ4v) is 2.15. The number of carbonyl (C=O) groups is 2. The Kier molecular flexibility index (Phi) is 3.81. The van der Waals surface area contributed by atoms with Gasteiger partial charge in [0.2, 0.25) is 5.91 Å². The Labute approximate surface area is 111 Å². The largest absolute Gasteiger partial charge is 0.372 e. The number of rotatable bonds is 4. The fraction of sp³-hybridized carbons (Fsp3) is 0.357. The van der Waals surface area contributed by atoms with Gasteiger partial charge >= 0.3 is 0 Å². The number of hydrogen-bond acceptors (Lipinski definition) is 4. The minimum Gasteiger partial charge on any atom is -0.372 e. The van der Waals surface area contributed by atoms with Crippen molar-refractivity contribution in [3.05, 3.63) is 29.8 Å². The molecule has 5 nitrogen and oxygen atoms in total. The molecule has 1 aromatic rings. The Hall–Kier alpha value is -2.35. The monoisotopic (exact) mass is 257 g/mol. The van der Waals surface area contributed by atoms with E-state index in [0.29, 0.717) is 17.8 Å². The van der Waals surface area contributed by atoms with Crippen LogP contribution in [0.4, 0.5) is 5.69 Å². The van der Waals surface area contributed by atoms with E-state index in [4.69, 9.17) is 5.26 Å². The molecule has 98 valence electrons. The molecule has 2 rings (SSSR count). The maximum atomic E-state index is 12.1. The molecule has 1 aromatic carbocycles. The second-order valence-electron chi connectivity index (χ2n) is 4.44. The standard InChI is InChI=1S/C14H15N3O2/c1-2-7-17-13(18)8-12(14(17)19)16-11-6-4-3-5-10(11)9-15/h3-6,12,16H,2,7-8H2,1H3. The van der Waals surface area contributed by atoms with E-state index in [-0.39, 0.29) is 18.2 Å². The van der Waals surface area contributed by atoms with Crippen LogP contribution in [-0.2, 0) is 9.59 Å². The molecule has 0 saturated carbocycles. The van der Waals surface area contributed by atoms with Crippen molar-refractivity contribution < 1.29 is 9.59 Å². The number of amides is 2. The number of nitriles is 1. The highest BCUT2D eigenvalue weighted by Gasteiger charge is 2.38. The van der Waals surface area contributed by atoms with Gasteiger partial charge in [0.15, 0.2) is 0 Å². The number of anilines is 1. The van der Waals surface area contributed by atoms with Gasteiger partial charge in [-0.1, -0.05) is 19.1 Å². The molecule has 1 atom stereocenters. The number of hydrogen-bond donors (Lipinski definition) is 1. The molecule has 0 spiro atoms. The van der Waals surface area contributed by atoms with Gasteiger partial charge in [0.25, 0.3) is 5.91 Å². The Morgan fingerprint density at radius 3 is 2.84 bits per heavy atom. The summed E-state index contributed by atoms with van der Waals surface area (Å²) < 4.78 is 0. The lowest BCUT2D eigenvalue weighted by molar-refractivity contribution is -0.138. The van der Waals surface area contributed by atoms with Crippen molar-refractivity contribution in [2.24, 2.45) is 0 Å². The van der Waals surface area contributed by atoms with Gasteiger partial charge in [-0.15, -0.1) is 0 Å². The SMILES string of the molecule is CCCN1C(=O)CC(Nc2ccccc2C#N)C1=O. The predicted octanol–water partition coefficient (Wildman–Crippen LogP) is 1.51. The highest BCUT2D eigenvalue weighted by molar-refractivity contribution is 6.06. The summed E-state index contributed by atoms with van der Waals surface area (Å²) in [5.74, 6) is -0.363. The van der Waals surface area contributed by atoms with Crippen molar-refractivity contribution in [2.45, 2.75) is 25.8 Å². The molecular weight excluding hydrogens is 242 g/mol. The molecule has 1 unspecified atom stereocenters. The minimum atomic E-state index is -0.562. The first kappa shape index (κ1) is 13.1. The van der Waals surface area contributed by atoms with Crippen LogP contribution < -0.4 is 5.32 Å². The molecule has 1 saturated heterocycles. The third-order valence-corrected chi connectivity index (χ3v) is 3.07. The summed E-state index contributed by atoms with van der Waals surface area (Å²) in [7, 11) is 0. The van der Waals surface area contributed by atoms with Crippen LogP contribution in [0.2, 0.25) is 0 Å². The van der Waals surface area contributed by atoms with E-state index in [1.165, 1.54) is 4.90 Å². The number of nitrogens with zero attached hydrogens (tertiary/aromatic N) is 2. The van der Waals surface area contributed by atoms with Crippen LogP contribution in [0.5, 0.6) is 0 Å². The zero-order valence-electron chi connectivity index (χ0n) is 10.7. The van der Waals surface area contributed by atoms with Gasteiger partial charge in [0.05, 0.1) is 17.7 Å². The Morgan fingerprint density at radius 2 is 2.16 bits per heavy atom. The smallest absolute Gasteiger partial charge is 0.252 e. The summed E-state index contributed by atoms with van der Waals surface area (Å²) >= 11 is 0. The number of benzene rings is 1. The van der Waals surface area contributed by atoms with Gasteiger partial charge in [0, 0.05) is 6.54 Å². The lowest BCUT2D eigenvalue weighted by Crippen LogP contribution is -2.35. The summed E-state index contributed by atoms with van der Waals surface area (Å²) in [6.07, 6.45) is 0.900. The van der Waals surface area contributed by atoms with Crippen LogP contribution >= 0.6 is 0 Å². The Balaban J connectivity index is 2.15. The fourth-order valence-electron chi connectivity index (χ4n) is 2.15. The van der Waals surface area contributed by atoms with E-state index in [2.05, 4.69) is 11.4 Å². The number of para-hydroxylation sites is 1. The molecular formula is C14H15N3O2. The van der Waals surface area contributed by atoms with Crippen molar-refractivity contribution in [3.8, 4) is 6.07 Å². The summed E-state index contributed by atoms with van der Waals surface area (Å²) in [6, 6.07) is 8.45. The Bertz CT molecular complexity index is 548. The quantitative estimate of drug-likeness (QED) is 0.830. The van der Waals surface area contributed by atoms with Crippen LogP contribution in [0.1, 0.15) is 25.3 Å². The molecule has 1 aliphatic rings. The molecule has 2 amide bonds. The average Bonchev–Trinajstić information content (AvgIpc) is 2.67. The molecule has 5 heteroatoms. The highest BCUT2D eigenvalue weighted by atomic mass is 16.2. The summed E-state index contributed by atoms with van der Waals surface area (Å²) in [6.45, 7) is 2.38. The zero-order chi connectivity index (χ0) is 13.8. The van der Waals surface area contributed by atoms with E-state index in [1.54, 1.807) is 24.3 Å². The normalized spacial score (nSPS) is 18.5. The van der Waals surface area contributed by atoms with Crippen molar-refractivity contribution in [1.29, 1.82) is 5.26 Å². The number of imide groups is 1. The number of nitrogens with one attached hydrogen (secondary N) is 1. The first-order chi connectivity index (χ1) is 9.17. The third kappa shape index (κ3) is 2.58. The number of likely N-dealkylation sites (tertiary alicyclic amines) is 1. The van der Waals surface area contributed by atoms with Crippen LogP contribution in [0.3, 0.4) is 0 Å². The van der Waals surface area contributed by atoms with Crippen molar-refractivity contribution in [3.63, 3.8) is 0 Å². The van der Waals surface area contributed by atoms with E-state index in [0.717, 1.165) is 6.42 Å². The van der Waals surface area contributed by atoms with Gasteiger partial charge < -0.3 is 5.32 Å². The predicted molar refractivity (Wildman–Crippen MR) is 70.2 cm³/mol. The lowest BCUT2D eigenvalue weighted by Gasteiger charge is -2.15. The van der Waals surface area contributed by atoms with Crippen LogP contribution in [0.25, 0.3) is 0 Å². The van der Waals surface area contributed by atoms with Crippen LogP contribution in [0, 0.1) is 11.3 Å². The van der Waals surface area contributed by atoms with Gasteiger partial charge in [0.1, 0.15) is 12.1 Å². The number of carbonyl (C=O) groups excluding carboxylic acids is 2. The Morgan fingerprint density at radius 1 is 1.42 bits per heavy atom. The molecule has 0 bridgehead atoms. The average molecular weight is 257 g/mol. The molecule has 1 heterocycles. The third-order valence-electron chi connectivity index (χ3n) is 3.07. The second kappa shape index (κ2) is 5.53. The van der Waals surface area contributed by atoms with Gasteiger partial charge in [-0.05, 0) is 18.6 Å². The molecule has 0 radical (unpaired) electrons. The minimum absolute atomic E-state index is 0.151. The maximum Gasteiger partial charge on any atom is 0.252 e. The first-order valence-electron chi connectivity index (χ1n) is 6.27.